The molecule has 3 rings (SSSR count). The number of carbonyl (C=O) groups excluding carboxylic acids is 3. The van der Waals surface area contributed by atoms with Crippen LogP contribution >= 0.6 is 11.8 Å². The van der Waals surface area contributed by atoms with Gasteiger partial charge in [-0.05, 0) is 29.8 Å². The first-order valence-electron chi connectivity index (χ1n) is 15.3. The molecule has 49 heavy (non-hydrogen) atoms. The second-order valence-corrected chi connectivity index (χ2v) is 12.1. The van der Waals surface area contributed by atoms with E-state index in [1.807, 2.05) is 18.2 Å². The molecule has 0 unspecified atom stereocenters. The molecule has 1 fully saturated rings. The van der Waals surface area contributed by atoms with Crippen LogP contribution in [0, 0.1) is 37.0 Å². The normalized spacial score (nSPS) is 21.2. The van der Waals surface area contributed by atoms with Gasteiger partial charge in [-0.1, -0.05) is 59.9 Å². The van der Waals surface area contributed by atoms with E-state index < -0.39 is 53.2 Å². The fourth-order valence-corrected chi connectivity index (χ4v) is 6.75. The van der Waals surface area contributed by atoms with Gasteiger partial charge in [0.05, 0.1) is 39.6 Å². The summed E-state index contributed by atoms with van der Waals surface area (Å²) in [4.78, 5) is 40.0. The number of esters is 1. The van der Waals surface area contributed by atoms with Crippen LogP contribution in [-0.2, 0) is 49.4 Å². The van der Waals surface area contributed by atoms with Gasteiger partial charge in [0.2, 0.25) is 16.7 Å². The lowest BCUT2D eigenvalue weighted by Crippen LogP contribution is -2.69. The first-order valence-corrected chi connectivity index (χ1v) is 16.1. The van der Waals surface area contributed by atoms with Crippen molar-refractivity contribution in [3.8, 4) is 42.8 Å². The molecular formula is C37H41NO10S. The third-order valence-corrected chi connectivity index (χ3v) is 8.80. The van der Waals surface area contributed by atoms with Gasteiger partial charge in [0.25, 0.3) is 0 Å². The minimum absolute atomic E-state index is 0.0946. The maximum absolute atomic E-state index is 13.8. The monoisotopic (exact) mass is 691 g/mol. The van der Waals surface area contributed by atoms with E-state index in [2.05, 4.69) is 17.8 Å². The van der Waals surface area contributed by atoms with Crippen molar-refractivity contribution in [1.29, 1.82) is 0 Å². The molecule has 0 spiro atoms. The summed E-state index contributed by atoms with van der Waals surface area (Å²) >= 11 is 1.08. The van der Waals surface area contributed by atoms with Crippen molar-refractivity contribution >= 4 is 29.5 Å². The van der Waals surface area contributed by atoms with Crippen molar-refractivity contribution in [1.82, 2.24) is 4.90 Å². The third kappa shape index (κ3) is 10.6. The number of imide groups is 1. The molecule has 2 aromatic carbocycles. The molecule has 12 heteroatoms. The highest BCUT2D eigenvalue weighted by Crippen LogP contribution is 2.47. The Kier molecular flexibility index (Phi) is 15.7. The van der Waals surface area contributed by atoms with Gasteiger partial charge < -0.3 is 33.2 Å². The summed E-state index contributed by atoms with van der Waals surface area (Å²) in [6.45, 7) is 1.95. The summed E-state index contributed by atoms with van der Waals surface area (Å²) in [5, 5.41) is 0. The molecule has 260 valence electrons. The van der Waals surface area contributed by atoms with Crippen LogP contribution in [0.25, 0.3) is 0 Å². The van der Waals surface area contributed by atoms with Crippen LogP contribution in [0.1, 0.15) is 25.8 Å². The SMILES string of the molecule is C#CCO[C@@H]([C@@H]1O[C@@](Sc2ccccc2)(C(=O)OC)C[C@H](OCC#C)[C@H]1N(C(C)=O)C(C)=O)[C@@H](COCc1ccc(OC)cc1)OCC#C. The van der Waals surface area contributed by atoms with Gasteiger partial charge >= 0.3 is 5.97 Å². The highest BCUT2D eigenvalue weighted by atomic mass is 32.2. The third-order valence-electron chi connectivity index (χ3n) is 7.53. The van der Waals surface area contributed by atoms with Crippen LogP contribution < -0.4 is 4.74 Å². The zero-order valence-corrected chi connectivity index (χ0v) is 28.8. The molecule has 2 aromatic rings. The zero-order valence-electron chi connectivity index (χ0n) is 28.0. The van der Waals surface area contributed by atoms with Gasteiger partial charge in [0.1, 0.15) is 43.9 Å². The maximum Gasteiger partial charge on any atom is 0.349 e. The molecule has 2 amide bonds. The molecule has 0 saturated carbocycles. The molecule has 1 saturated heterocycles. The molecule has 0 aromatic heterocycles. The Balaban J connectivity index is 2.18. The zero-order chi connectivity index (χ0) is 35.8. The minimum Gasteiger partial charge on any atom is -0.497 e. The summed E-state index contributed by atoms with van der Waals surface area (Å²) < 4.78 is 41.8. The van der Waals surface area contributed by atoms with Gasteiger partial charge in [0, 0.05) is 25.2 Å². The molecule has 0 N–H and O–H groups in total. The lowest BCUT2D eigenvalue weighted by Gasteiger charge is -2.51. The maximum atomic E-state index is 13.8. The Labute approximate surface area is 292 Å². The van der Waals surface area contributed by atoms with Gasteiger partial charge in [-0.15, -0.1) is 19.3 Å². The number of benzene rings is 2. The quantitative estimate of drug-likeness (QED) is 0.179. The number of terminal acetylenes is 3. The van der Waals surface area contributed by atoms with Crippen LogP contribution in [0.4, 0.5) is 0 Å². The first kappa shape index (κ1) is 39.1. The van der Waals surface area contributed by atoms with Crippen molar-refractivity contribution in [3.63, 3.8) is 0 Å². The van der Waals surface area contributed by atoms with Gasteiger partial charge in [-0.25, -0.2) is 4.79 Å². The van der Waals surface area contributed by atoms with Crippen LogP contribution in [0.15, 0.2) is 59.5 Å². The van der Waals surface area contributed by atoms with Crippen LogP contribution in [0.2, 0.25) is 0 Å². The molecule has 1 heterocycles. The average Bonchev–Trinajstić information content (AvgIpc) is 3.10. The molecule has 0 bridgehead atoms. The van der Waals surface area contributed by atoms with Crippen LogP contribution in [-0.4, -0.2) is 98.7 Å². The molecule has 11 nitrogen and oxygen atoms in total. The van der Waals surface area contributed by atoms with E-state index in [9.17, 15) is 14.4 Å². The number of amides is 2. The number of nitrogens with zero attached hydrogens (tertiary/aromatic N) is 1. The summed E-state index contributed by atoms with van der Waals surface area (Å²) in [7, 11) is 2.80. The van der Waals surface area contributed by atoms with E-state index in [-0.39, 0.29) is 39.5 Å². The van der Waals surface area contributed by atoms with E-state index in [1.165, 1.54) is 21.0 Å². The molecule has 1 aliphatic rings. The van der Waals surface area contributed by atoms with Crippen molar-refractivity contribution in [2.24, 2.45) is 0 Å². The first-order chi connectivity index (χ1) is 23.6. The predicted molar refractivity (Wildman–Crippen MR) is 182 cm³/mol. The van der Waals surface area contributed by atoms with Crippen LogP contribution in [0.3, 0.4) is 0 Å². The second-order valence-electron chi connectivity index (χ2n) is 10.8. The standard InChI is InChI=1S/C37H41NO10S/c1-8-20-45-31-23-37(36(41)43-7,49-30-14-12-11-13-15-30)48-35(33(31)38(26(4)39)27(5)40)34(47-22-10-3)32(46-21-9-2)25-44-24-28-16-18-29(42-6)19-17-28/h1-3,11-19,31-35H,20-25H2,4-7H3/t31-,32+,33+,34+,35+,37-/m0/s1. The highest BCUT2D eigenvalue weighted by molar-refractivity contribution is 8.01. The average molecular weight is 692 g/mol. The summed E-state index contributed by atoms with van der Waals surface area (Å²) in [6, 6.07) is 15.2. The van der Waals surface area contributed by atoms with E-state index in [1.54, 1.807) is 43.5 Å². The Hall–Kier alpha value is -4.32. The molecule has 1 aliphatic heterocycles. The molecular weight excluding hydrogens is 650 g/mol. The fourth-order valence-electron chi connectivity index (χ4n) is 5.50. The van der Waals surface area contributed by atoms with Gasteiger partial charge in [-0.2, -0.15) is 0 Å². The Morgan fingerprint density at radius 3 is 2.14 bits per heavy atom. The van der Waals surface area contributed by atoms with E-state index in [4.69, 9.17) is 52.4 Å². The number of rotatable bonds is 17. The Morgan fingerprint density at radius 2 is 1.57 bits per heavy atom. The van der Waals surface area contributed by atoms with E-state index in [0.29, 0.717) is 10.6 Å². The predicted octanol–water partition coefficient (Wildman–Crippen LogP) is 3.48. The van der Waals surface area contributed by atoms with Crippen molar-refractivity contribution < 1.29 is 47.5 Å². The van der Waals surface area contributed by atoms with Crippen molar-refractivity contribution in [3.05, 3.63) is 60.2 Å². The number of hydrogen-bond donors (Lipinski definition) is 0. The van der Waals surface area contributed by atoms with Crippen molar-refractivity contribution in [2.45, 2.75) is 67.2 Å². The molecule has 6 atom stereocenters. The molecule has 0 aliphatic carbocycles. The summed E-state index contributed by atoms with van der Waals surface area (Å²) in [5.74, 6) is 6.05. The highest BCUT2D eigenvalue weighted by Gasteiger charge is 2.59. The number of ether oxygens (including phenoxy) is 7. The van der Waals surface area contributed by atoms with Gasteiger partial charge in [-0.3, -0.25) is 14.5 Å². The van der Waals surface area contributed by atoms with E-state index >= 15 is 0 Å². The van der Waals surface area contributed by atoms with Crippen LogP contribution in [0.5, 0.6) is 5.75 Å². The number of carbonyl (C=O) groups is 3. The fraction of sp³-hybridized carbons (Fsp3) is 0.432. The van der Waals surface area contributed by atoms with E-state index in [0.717, 1.165) is 22.2 Å². The van der Waals surface area contributed by atoms with Gasteiger partial charge in [0.15, 0.2) is 0 Å². The smallest absolute Gasteiger partial charge is 0.349 e. The van der Waals surface area contributed by atoms with Crippen molar-refractivity contribution in [2.75, 3.05) is 40.6 Å². The summed E-state index contributed by atoms with van der Waals surface area (Å²) in [6.07, 6.45) is 12.1. The Bertz CT molecular complexity index is 1500. The minimum atomic E-state index is -1.77. The number of methoxy groups -OCH3 is 2. The molecule has 0 radical (unpaired) electrons. The lowest BCUT2D eigenvalue weighted by atomic mass is 9.88. The Morgan fingerprint density at radius 1 is 0.939 bits per heavy atom. The topological polar surface area (TPSA) is 119 Å². The number of thioether (sulfide) groups is 1. The summed E-state index contributed by atoms with van der Waals surface area (Å²) in [5.41, 5.74) is 0.843. The number of hydrogen-bond acceptors (Lipinski definition) is 11. The second kappa shape index (κ2) is 19.6. The lowest BCUT2D eigenvalue weighted by molar-refractivity contribution is -0.234. The largest absolute Gasteiger partial charge is 0.497 e.